The third-order valence-corrected chi connectivity index (χ3v) is 15.4. The molecule has 0 fully saturated rings. The highest BCUT2D eigenvalue weighted by Gasteiger charge is 2.20. The zero-order valence-corrected chi connectivity index (χ0v) is 48.8. The lowest BCUT2D eigenvalue weighted by molar-refractivity contribution is -0.124. The molecule has 0 aromatic heterocycles. The van der Waals surface area contributed by atoms with Crippen LogP contribution in [0.2, 0.25) is 0 Å². The molecule has 0 aromatic rings. The molecule has 0 aliphatic heterocycles. The van der Waals surface area contributed by atoms with E-state index in [0.29, 0.717) is 6.42 Å². The normalized spacial score (nSPS) is 13.3. The monoisotopic (exact) mass is 1010 g/mol. The summed E-state index contributed by atoms with van der Waals surface area (Å²) in [6, 6.07) is -0.762. The first-order valence-corrected chi connectivity index (χ1v) is 32.8. The van der Waals surface area contributed by atoms with Crippen molar-refractivity contribution in [1.82, 2.24) is 5.32 Å². The van der Waals surface area contributed by atoms with Gasteiger partial charge < -0.3 is 20.6 Å². The Balaban J connectivity index is 3.49. The van der Waals surface area contributed by atoms with Crippen LogP contribution in [0.5, 0.6) is 0 Å². The molecule has 4 N–H and O–H groups in total. The highest BCUT2D eigenvalue weighted by Crippen LogP contribution is 2.18. The van der Waals surface area contributed by atoms with Crippen LogP contribution in [0.3, 0.4) is 0 Å². The number of nitrogens with one attached hydrogen (secondary N) is 1. The molecule has 1 amide bonds. The molecule has 3 unspecified atom stereocenters. The lowest BCUT2D eigenvalue weighted by atomic mass is 10.0. The van der Waals surface area contributed by atoms with Crippen LogP contribution in [0.1, 0.15) is 361 Å². The molecule has 3 atom stereocenters. The minimum absolute atomic E-state index is 0.00827. The van der Waals surface area contributed by atoms with E-state index in [9.17, 15) is 20.1 Å². The molecule has 72 heavy (non-hydrogen) atoms. The van der Waals surface area contributed by atoms with Gasteiger partial charge in [-0.2, -0.15) is 0 Å². The van der Waals surface area contributed by atoms with E-state index in [-0.39, 0.29) is 18.9 Å². The minimum atomic E-state index is -0.952. The Kier molecular flexibility index (Phi) is 60.9. The molecular weight excluding hydrogens is 883 g/mol. The first kappa shape index (κ1) is 70.6. The second kappa shape index (κ2) is 62.1. The lowest BCUT2D eigenvalue weighted by Gasteiger charge is -2.21. The van der Waals surface area contributed by atoms with Crippen LogP contribution in [0.25, 0.3) is 0 Å². The van der Waals surface area contributed by atoms with E-state index in [1.54, 1.807) is 6.08 Å². The molecule has 0 radical (unpaired) electrons. The molecule has 0 saturated heterocycles. The number of carbonyl (C=O) groups is 1. The van der Waals surface area contributed by atoms with Gasteiger partial charge in [0.05, 0.1) is 31.3 Å². The summed E-state index contributed by atoms with van der Waals surface area (Å²) in [6.07, 6.45) is 82.4. The maximum Gasteiger partial charge on any atom is 0.222 e. The second-order valence-corrected chi connectivity index (χ2v) is 22.7. The summed E-state index contributed by atoms with van der Waals surface area (Å²) < 4.78 is 0. The molecule has 0 aliphatic rings. The van der Waals surface area contributed by atoms with Gasteiger partial charge in [-0.3, -0.25) is 4.79 Å². The van der Waals surface area contributed by atoms with Gasteiger partial charge in [-0.25, -0.2) is 0 Å². The van der Waals surface area contributed by atoms with Gasteiger partial charge in [0, 0.05) is 0 Å². The summed E-state index contributed by atoms with van der Waals surface area (Å²) in [4.78, 5) is 12.5. The number of hydrogen-bond donors (Lipinski definition) is 4. The maximum absolute atomic E-state index is 12.5. The average Bonchev–Trinajstić information content (AvgIpc) is 3.38. The molecule has 5 heteroatoms. The summed E-state index contributed by atoms with van der Waals surface area (Å²) in [5.74, 6) is -0.320. The number of carbonyl (C=O) groups excluding carboxylic acids is 1. The summed E-state index contributed by atoms with van der Waals surface area (Å²) >= 11 is 0. The molecule has 0 aliphatic carbocycles. The predicted octanol–water partition coefficient (Wildman–Crippen LogP) is 21.0. The summed E-state index contributed by atoms with van der Waals surface area (Å²) in [7, 11) is 0. The van der Waals surface area contributed by atoms with Crippen molar-refractivity contribution in [2.45, 2.75) is 379 Å². The Labute approximate surface area is 451 Å². The first-order chi connectivity index (χ1) is 35.5. The van der Waals surface area contributed by atoms with Gasteiger partial charge in [0.1, 0.15) is 0 Å². The van der Waals surface area contributed by atoms with E-state index >= 15 is 0 Å². The Bertz CT molecular complexity index is 1120. The number of aliphatic hydroxyl groups excluding tert-OH is 3. The van der Waals surface area contributed by atoms with Crippen molar-refractivity contribution in [3.8, 4) is 0 Å². The van der Waals surface area contributed by atoms with Gasteiger partial charge in [0.25, 0.3) is 0 Å². The number of aliphatic hydroxyl groups is 3. The van der Waals surface area contributed by atoms with Gasteiger partial charge in [-0.15, -0.1) is 0 Å². The summed E-state index contributed by atoms with van der Waals surface area (Å²) in [5.41, 5.74) is 0. The van der Waals surface area contributed by atoms with Crippen molar-refractivity contribution < 1.29 is 20.1 Å². The predicted molar refractivity (Wildman–Crippen MR) is 319 cm³/mol. The quantitative estimate of drug-likeness (QED) is 0.0361. The van der Waals surface area contributed by atoms with Crippen molar-refractivity contribution >= 4 is 5.91 Å². The van der Waals surface area contributed by atoms with E-state index < -0.39 is 18.2 Å². The van der Waals surface area contributed by atoms with Gasteiger partial charge in [0.15, 0.2) is 0 Å². The molecule has 0 bridgehead atoms. The molecule has 426 valence electrons. The van der Waals surface area contributed by atoms with E-state index in [1.807, 2.05) is 6.08 Å². The average molecular weight is 1010 g/mol. The molecular formula is C67H129NO4. The second-order valence-electron chi connectivity index (χ2n) is 22.7. The number of hydrogen-bond acceptors (Lipinski definition) is 4. The topological polar surface area (TPSA) is 89.8 Å². The van der Waals surface area contributed by atoms with Crippen molar-refractivity contribution in [1.29, 1.82) is 0 Å². The third-order valence-electron chi connectivity index (χ3n) is 15.4. The van der Waals surface area contributed by atoms with Gasteiger partial charge in [-0.1, -0.05) is 333 Å². The molecule has 0 aromatic carbocycles. The summed E-state index contributed by atoms with van der Waals surface area (Å²) in [6.45, 7) is 4.24. The number of allylic oxidation sites excluding steroid dienone is 5. The number of unbranched alkanes of at least 4 members (excludes halogenated alkanes) is 48. The van der Waals surface area contributed by atoms with Crippen LogP contribution in [0, 0.1) is 0 Å². The zero-order chi connectivity index (χ0) is 52.2. The first-order valence-electron chi connectivity index (χ1n) is 32.8. The maximum atomic E-state index is 12.5. The Morgan fingerprint density at radius 3 is 0.889 bits per heavy atom. The fourth-order valence-corrected chi connectivity index (χ4v) is 10.4. The molecule has 0 heterocycles. The lowest BCUT2D eigenvalue weighted by Crippen LogP contribution is -2.45. The van der Waals surface area contributed by atoms with Crippen LogP contribution >= 0.6 is 0 Å². The molecule has 0 spiro atoms. The van der Waals surface area contributed by atoms with Crippen molar-refractivity contribution in [2.24, 2.45) is 0 Å². The van der Waals surface area contributed by atoms with Crippen molar-refractivity contribution in [3.05, 3.63) is 36.5 Å². The SMILES string of the molecule is CCCCCCCCCCCCCCCC/C=C/CC/C=C/C(O)C(CO)NC(=O)CC(O)CCCCCCCCCCCCCCCCC/C=C\CCCCCCCCCCCCCCCCCCCC. The summed E-state index contributed by atoms with van der Waals surface area (Å²) in [5, 5.41) is 33.5. The van der Waals surface area contributed by atoms with Crippen LogP contribution in [0.4, 0.5) is 0 Å². The number of amides is 1. The highest BCUT2D eigenvalue weighted by atomic mass is 16.3. The standard InChI is InChI=1S/C67H129NO4/c1-3-5-7-9-11-13-15-17-19-21-23-25-26-27-28-29-30-31-32-33-34-35-36-37-38-39-40-41-42-44-46-48-50-52-54-56-58-60-64(70)62-67(72)68-65(63-69)66(71)61-59-57-55-53-51-49-47-45-43-24-22-20-18-16-14-12-10-8-6-4-2/h33-34,51,53,59,61,64-66,69-71H,3-32,35-50,52,54-58,60,62-63H2,1-2H3,(H,68,72)/b34-33-,53-51+,61-59+. The van der Waals surface area contributed by atoms with Crippen LogP contribution in [-0.2, 0) is 4.79 Å². The fourth-order valence-electron chi connectivity index (χ4n) is 10.4. The van der Waals surface area contributed by atoms with Crippen molar-refractivity contribution in [3.63, 3.8) is 0 Å². The van der Waals surface area contributed by atoms with E-state index in [2.05, 4.69) is 43.5 Å². The van der Waals surface area contributed by atoms with Crippen LogP contribution in [0.15, 0.2) is 36.5 Å². The zero-order valence-electron chi connectivity index (χ0n) is 48.8. The Morgan fingerprint density at radius 2 is 0.597 bits per heavy atom. The van der Waals surface area contributed by atoms with E-state index in [0.717, 1.165) is 32.1 Å². The van der Waals surface area contributed by atoms with E-state index in [4.69, 9.17) is 0 Å². The minimum Gasteiger partial charge on any atom is -0.394 e. The van der Waals surface area contributed by atoms with E-state index in [1.165, 1.54) is 302 Å². The molecule has 0 saturated carbocycles. The van der Waals surface area contributed by atoms with Crippen LogP contribution < -0.4 is 5.32 Å². The van der Waals surface area contributed by atoms with Gasteiger partial charge in [-0.05, 0) is 57.8 Å². The highest BCUT2D eigenvalue weighted by molar-refractivity contribution is 5.76. The van der Waals surface area contributed by atoms with Gasteiger partial charge in [0.2, 0.25) is 5.91 Å². The smallest absolute Gasteiger partial charge is 0.222 e. The number of rotatable bonds is 61. The van der Waals surface area contributed by atoms with Crippen molar-refractivity contribution in [2.75, 3.05) is 6.61 Å². The fraction of sp³-hybridized carbons (Fsp3) is 0.896. The Hall–Kier alpha value is -1.43. The Morgan fingerprint density at radius 1 is 0.347 bits per heavy atom. The van der Waals surface area contributed by atoms with Crippen LogP contribution in [-0.4, -0.2) is 46.1 Å². The van der Waals surface area contributed by atoms with Gasteiger partial charge >= 0.3 is 0 Å². The molecule has 0 rings (SSSR count). The largest absolute Gasteiger partial charge is 0.394 e. The third kappa shape index (κ3) is 57.8. The molecule has 5 nitrogen and oxygen atoms in total.